The lowest BCUT2D eigenvalue weighted by Crippen LogP contribution is -2.30. The van der Waals surface area contributed by atoms with Crippen LogP contribution >= 0.6 is 0 Å². The largest absolute Gasteiger partial charge is 0.497 e. The number of hydrogen-bond acceptors (Lipinski definition) is 4. The van der Waals surface area contributed by atoms with Crippen LogP contribution in [0.4, 0.5) is 0 Å². The second-order valence-corrected chi connectivity index (χ2v) is 7.73. The molecule has 0 aliphatic heterocycles. The van der Waals surface area contributed by atoms with Gasteiger partial charge in [-0.2, -0.15) is 0 Å². The third-order valence-corrected chi connectivity index (χ3v) is 4.92. The fourth-order valence-electron chi connectivity index (χ4n) is 3.47. The van der Waals surface area contributed by atoms with E-state index in [0.717, 1.165) is 46.8 Å². The summed E-state index contributed by atoms with van der Waals surface area (Å²) in [6.07, 6.45) is 1.72. The summed E-state index contributed by atoms with van der Waals surface area (Å²) in [4.78, 5) is 9.90. The van der Waals surface area contributed by atoms with E-state index in [2.05, 4.69) is 54.5 Å². The summed E-state index contributed by atoms with van der Waals surface area (Å²) in [5.74, 6) is 2.39. The Labute approximate surface area is 164 Å². The SMILES string of the molecule is CCc1nc(-c2ccc(OC)cc2C)c(CC)nc1OC(C(C)C)C(C)C. The Morgan fingerprint density at radius 1 is 0.926 bits per heavy atom. The monoisotopic (exact) mass is 370 g/mol. The van der Waals surface area contributed by atoms with E-state index < -0.39 is 0 Å². The summed E-state index contributed by atoms with van der Waals surface area (Å²) in [5, 5.41) is 0. The van der Waals surface area contributed by atoms with E-state index in [1.165, 1.54) is 0 Å². The lowest BCUT2D eigenvalue weighted by molar-refractivity contribution is 0.0976. The zero-order valence-electron chi connectivity index (χ0n) is 18.1. The number of aryl methyl sites for hydroxylation is 3. The van der Waals surface area contributed by atoms with E-state index in [-0.39, 0.29) is 6.10 Å². The maximum atomic E-state index is 6.37. The van der Waals surface area contributed by atoms with Crippen molar-refractivity contribution >= 4 is 0 Å². The number of benzene rings is 1. The van der Waals surface area contributed by atoms with Crippen molar-refractivity contribution in [3.63, 3.8) is 0 Å². The van der Waals surface area contributed by atoms with Gasteiger partial charge in [-0.05, 0) is 55.4 Å². The maximum absolute atomic E-state index is 6.37. The van der Waals surface area contributed by atoms with Gasteiger partial charge in [0.15, 0.2) is 0 Å². The molecule has 4 nitrogen and oxygen atoms in total. The van der Waals surface area contributed by atoms with Gasteiger partial charge in [0.05, 0.1) is 18.5 Å². The molecule has 1 aromatic heterocycles. The van der Waals surface area contributed by atoms with Crippen LogP contribution in [-0.2, 0) is 12.8 Å². The number of aromatic nitrogens is 2. The molecular formula is C23H34N2O2. The lowest BCUT2D eigenvalue weighted by atomic mass is 9.96. The van der Waals surface area contributed by atoms with E-state index >= 15 is 0 Å². The number of rotatable bonds is 8. The van der Waals surface area contributed by atoms with Gasteiger partial charge in [-0.3, -0.25) is 0 Å². The number of ether oxygens (including phenoxy) is 2. The molecule has 0 spiro atoms. The summed E-state index contributed by atoms with van der Waals surface area (Å²) in [6, 6.07) is 6.09. The minimum Gasteiger partial charge on any atom is -0.497 e. The first-order chi connectivity index (χ1) is 12.8. The minimum absolute atomic E-state index is 0.128. The minimum atomic E-state index is 0.128. The fraction of sp³-hybridized carbons (Fsp3) is 0.565. The van der Waals surface area contributed by atoms with Gasteiger partial charge >= 0.3 is 0 Å². The van der Waals surface area contributed by atoms with Crippen molar-refractivity contribution in [1.29, 1.82) is 0 Å². The highest BCUT2D eigenvalue weighted by Crippen LogP contribution is 2.31. The normalized spacial score (nSPS) is 11.5. The molecule has 148 valence electrons. The maximum Gasteiger partial charge on any atom is 0.236 e. The molecular weight excluding hydrogens is 336 g/mol. The fourth-order valence-corrected chi connectivity index (χ4v) is 3.47. The molecule has 0 fully saturated rings. The predicted octanol–water partition coefficient (Wildman–Crippen LogP) is 5.64. The molecule has 0 amide bonds. The summed E-state index contributed by atoms with van der Waals surface area (Å²) in [6.45, 7) is 15.1. The van der Waals surface area contributed by atoms with Crippen LogP contribution in [0.5, 0.6) is 11.6 Å². The Bertz CT molecular complexity index is 761. The van der Waals surface area contributed by atoms with E-state index in [4.69, 9.17) is 19.4 Å². The van der Waals surface area contributed by atoms with Crippen molar-refractivity contribution in [2.24, 2.45) is 11.8 Å². The van der Waals surface area contributed by atoms with Gasteiger partial charge in [0.2, 0.25) is 5.88 Å². The van der Waals surface area contributed by atoms with Crippen molar-refractivity contribution in [1.82, 2.24) is 9.97 Å². The Morgan fingerprint density at radius 2 is 1.56 bits per heavy atom. The first-order valence-electron chi connectivity index (χ1n) is 10.0. The second-order valence-electron chi connectivity index (χ2n) is 7.73. The Morgan fingerprint density at radius 3 is 2.04 bits per heavy atom. The molecule has 0 aliphatic carbocycles. The molecule has 0 unspecified atom stereocenters. The van der Waals surface area contributed by atoms with Crippen LogP contribution in [-0.4, -0.2) is 23.2 Å². The summed E-state index contributed by atoms with van der Waals surface area (Å²) < 4.78 is 11.7. The van der Waals surface area contributed by atoms with Gasteiger partial charge in [0.1, 0.15) is 17.5 Å². The Balaban J connectivity index is 2.53. The van der Waals surface area contributed by atoms with Gasteiger partial charge in [-0.25, -0.2) is 9.97 Å². The van der Waals surface area contributed by atoms with Crippen molar-refractivity contribution in [2.75, 3.05) is 7.11 Å². The lowest BCUT2D eigenvalue weighted by Gasteiger charge is -2.27. The molecule has 4 heteroatoms. The second kappa shape index (κ2) is 9.20. The van der Waals surface area contributed by atoms with Gasteiger partial charge in [0.25, 0.3) is 0 Å². The van der Waals surface area contributed by atoms with Crippen LogP contribution in [0.3, 0.4) is 0 Å². The quantitative estimate of drug-likeness (QED) is 0.603. The molecule has 2 rings (SSSR count). The first kappa shape index (κ1) is 21.2. The average Bonchev–Trinajstić information content (AvgIpc) is 2.64. The molecule has 27 heavy (non-hydrogen) atoms. The van der Waals surface area contributed by atoms with Crippen molar-refractivity contribution in [2.45, 2.75) is 67.4 Å². The Hall–Kier alpha value is -2.10. The van der Waals surface area contributed by atoms with Crippen molar-refractivity contribution < 1.29 is 9.47 Å². The first-order valence-corrected chi connectivity index (χ1v) is 10.0. The van der Waals surface area contributed by atoms with Crippen LogP contribution in [0, 0.1) is 18.8 Å². The molecule has 2 aromatic rings. The van der Waals surface area contributed by atoms with Crippen molar-refractivity contribution in [3.05, 3.63) is 35.2 Å². The molecule has 0 atom stereocenters. The highest BCUT2D eigenvalue weighted by atomic mass is 16.5. The van der Waals surface area contributed by atoms with Crippen LogP contribution in [0.1, 0.15) is 58.5 Å². The molecule has 0 saturated carbocycles. The predicted molar refractivity (Wildman–Crippen MR) is 112 cm³/mol. The van der Waals surface area contributed by atoms with E-state index in [1.54, 1.807) is 7.11 Å². The number of nitrogens with zero attached hydrogens (tertiary/aromatic N) is 2. The van der Waals surface area contributed by atoms with Gasteiger partial charge in [0, 0.05) is 5.56 Å². The third kappa shape index (κ3) is 4.79. The van der Waals surface area contributed by atoms with Gasteiger partial charge < -0.3 is 9.47 Å². The van der Waals surface area contributed by atoms with Gasteiger partial charge in [-0.1, -0.05) is 41.5 Å². The highest BCUT2D eigenvalue weighted by Gasteiger charge is 2.23. The third-order valence-electron chi connectivity index (χ3n) is 4.92. The molecule has 0 aliphatic rings. The molecule has 1 aromatic carbocycles. The molecule has 0 N–H and O–H groups in total. The van der Waals surface area contributed by atoms with Crippen LogP contribution in [0.15, 0.2) is 18.2 Å². The zero-order valence-corrected chi connectivity index (χ0v) is 18.1. The highest BCUT2D eigenvalue weighted by molar-refractivity contribution is 5.67. The number of hydrogen-bond donors (Lipinski definition) is 0. The molecule has 0 bridgehead atoms. The standard InChI is InChI=1S/C23H34N2O2/c1-9-19-21(18-12-11-17(26-8)13-16(18)7)24-20(10-2)23(25-19)27-22(14(3)4)15(5)6/h11-15,22H,9-10H2,1-8H3. The molecule has 0 saturated heterocycles. The van der Waals surface area contributed by atoms with Crippen LogP contribution in [0.25, 0.3) is 11.3 Å². The smallest absolute Gasteiger partial charge is 0.236 e. The number of methoxy groups -OCH3 is 1. The molecule has 1 heterocycles. The van der Waals surface area contributed by atoms with E-state index in [9.17, 15) is 0 Å². The van der Waals surface area contributed by atoms with E-state index in [1.807, 2.05) is 12.1 Å². The topological polar surface area (TPSA) is 44.2 Å². The van der Waals surface area contributed by atoms with Crippen LogP contribution < -0.4 is 9.47 Å². The van der Waals surface area contributed by atoms with Crippen molar-refractivity contribution in [3.8, 4) is 22.9 Å². The average molecular weight is 371 g/mol. The van der Waals surface area contributed by atoms with Gasteiger partial charge in [-0.15, -0.1) is 0 Å². The molecule has 0 radical (unpaired) electrons. The zero-order chi connectivity index (χ0) is 20.1. The summed E-state index contributed by atoms with van der Waals surface area (Å²) in [7, 11) is 1.69. The Kier molecular flexibility index (Phi) is 7.23. The summed E-state index contributed by atoms with van der Waals surface area (Å²) in [5.41, 5.74) is 5.08. The summed E-state index contributed by atoms with van der Waals surface area (Å²) >= 11 is 0. The van der Waals surface area contributed by atoms with E-state index in [0.29, 0.717) is 17.7 Å². The van der Waals surface area contributed by atoms with Crippen LogP contribution in [0.2, 0.25) is 0 Å².